The van der Waals surface area contributed by atoms with Gasteiger partial charge in [0.1, 0.15) is 11.1 Å². The van der Waals surface area contributed by atoms with Crippen LogP contribution in [-0.2, 0) is 9.59 Å². The van der Waals surface area contributed by atoms with E-state index in [1.807, 2.05) is 19.1 Å². The van der Waals surface area contributed by atoms with Gasteiger partial charge in [0, 0.05) is 10.8 Å². The van der Waals surface area contributed by atoms with E-state index in [1.54, 1.807) is 24.3 Å². The molecule has 1 N–H and O–H groups in total. The first-order valence-corrected chi connectivity index (χ1v) is 11.1. The van der Waals surface area contributed by atoms with Crippen LogP contribution in [0.1, 0.15) is 21.9 Å². The van der Waals surface area contributed by atoms with Gasteiger partial charge in [-0.25, -0.2) is 9.29 Å². The Morgan fingerprint density at radius 1 is 1.03 bits per heavy atom. The third-order valence-electron chi connectivity index (χ3n) is 5.35. The number of halogens is 1. The number of benzene rings is 2. The van der Waals surface area contributed by atoms with Crippen molar-refractivity contribution in [3.05, 3.63) is 74.3 Å². The Labute approximate surface area is 179 Å². The van der Waals surface area contributed by atoms with E-state index in [4.69, 9.17) is 12.2 Å². The number of hydrogen-bond donors (Lipinski definition) is 1. The highest BCUT2D eigenvalue weighted by atomic mass is 32.2. The predicted octanol–water partition coefficient (Wildman–Crippen LogP) is 5.05. The van der Waals surface area contributed by atoms with Crippen molar-refractivity contribution in [2.45, 2.75) is 23.1 Å². The topological polar surface area (TPSA) is 53.2 Å². The predicted molar refractivity (Wildman–Crippen MR) is 115 cm³/mol. The fourth-order valence-corrected chi connectivity index (χ4v) is 6.96. The maximum Gasteiger partial charge on any atom is 0.248 e. The van der Waals surface area contributed by atoms with Crippen molar-refractivity contribution in [1.82, 2.24) is 4.98 Å². The van der Waals surface area contributed by atoms with E-state index in [-0.39, 0.29) is 23.5 Å². The van der Waals surface area contributed by atoms with Gasteiger partial charge in [0.25, 0.3) is 0 Å². The minimum Gasteiger partial charge on any atom is -0.332 e. The molecule has 3 unspecified atom stereocenters. The first-order valence-electron chi connectivity index (χ1n) is 9.03. The molecule has 5 rings (SSSR count). The molecule has 1 aromatic heterocycles. The number of thioether (sulfide) groups is 1. The average molecular weight is 443 g/mol. The molecule has 1 saturated heterocycles. The lowest BCUT2D eigenvalue weighted by Gasteiger charge is -2.29. The molecule has 2 amide bonds. The number of rotatable bonds is 2. The van der Waals surface area contributed by atoms with Crippen LogP contribution in [-0.4, -0.2) is 22.0 Å². The molecule has 146 valence electrons. The van der Waals surface area contributed by atoms with Gasteiger partial charge < -0.3 is 4.98 Å². The van der Waals surface area contributed by atoms with Crippen LogP contribution in [0.3, 0.4) is 0 Å². The van der Waals surface area contributed by atoms with Gasteiger partial charge in [0.05, 0.1) is 16.6 Å². The smallest absolute Gasteiger partial charge is 0.248 e. The number of thiazole rings is 1. The van der Waals surface area contributed by atoms with Crippen molar-refractivity contribution in [3.63, 3.8) is 0 Å². The minimum absolute atomic E-state index is 0.225. The van der Waals surface area contributed by atoms with Crippen LogP contribution >= 0.6 is 35.3 Å². The normalized spacial score (nSPS) is 23.2. The van der Waals surface area contributed by atoms with Crippen LogP contribution in [0.5, 0.6) is 0 Å². The van der Waals surface area contributed by atoms with Gasteiger partial charge in [-0.05, 0) is 49.0 Å². The van der Waals surface area contributed by atoms with Gasteiger partial charge in [-0.1, -0.05) is 41.6 Å². The molecule has 3 aromatic rings. The summed E-state index contributed by atoms with van der Waals surface area (Å²) >= 11 is 8.09. The fourth-order valence-electron chi connectivity index (χ4n) is 3.99. The van der Waals surface area contributed by atoms with E-state index in [0.29, 0.717) is 9.64 Å². The molecule has 0 aliphatic carbocycles. The molecule has 1 fully saturated rings. The van der Waals surface area contributed by atoms with Gasteiger partial charge >= 0.3 is 0 Å². The van der Waals surface area contributed by atoms with Crippen molar-refractivity contribution < 1.29 is 14.0 Å². The second-order valence-electron chi connectivity index (χ2n) is 7.15. The van der Waals surface area contributed by atoms with Gasteiger partial charge in [-0.2, -0.15) is 0 Å². The number of amides is 2. The largest absolute Gasteiger partial charge is 0.332 e. The number of imide groups is 1. The van der Waals surface area contributed by atoms with Crippen LogP contribution < -0.4 is 4.90 Å². The van der Waals surface area contributed by atoms with Crippen molar-refractivity contribution in [2.24, 2.45) is 5.92 Å². The van der Waals surface area contributed by atoms with E-state index < -0.39 is 11.2 Å². The van der Waals surface area contributed by atoms with Gasteiger partial charge in [0.15, 0.2) is 3.95 Å². The monoisotopic (exact) mass is 442 g/mol. The van der Waals surface area contributed by atoms with E-state index in [2.05, 4.69) is 4.98 Å². The van der Waals surface area contributed by atoms with Crippen LogP contribution in [0.2, 0.25) is 0 Å². The number of aromatic nitrogens is 1. The number of carbonyl (C=O) groups is 2. The van der Waals surface area contributed by atoms with Gasteiger partial charge in [-0.3, -0.25) is 9.59 Å². The number of nitrogens with one attached hydrogen (secondary N) is 1. The summed E-state index contributed by atoms with van der Waals surface area (Å²) in [6.07, 6.45) is 0. The van der Waals surface area contributed by atoms with Crippen LogP contribution in [0.15, 0.2) is 53.6 Å². The second-order valence-corrected chi connectivity index (χ2v) is 10.0. The Kier molecular flexibility index (Phi) is 4.45. The lowest BCUT2D eigenvalue weighted by Crippen LogP contribution is -2.32. The summed E-state index contributed by atoms with van der Waals surface area (Å²) in [4.78, 5) is 32.1. The molecule has 2 aliphatic rings. The fraction of sp³-hybridized carbons (Fsp3) is 0.190. The maximum absolute atomic E-state index is 13.5. The van der Waals surface area contributed by atoms with E-state index in [0.717, 1.165) is 21.0 Å². The van der Waals surface area contributed by atoms with Crippen LogP contribution in [0.25, 0.3) is 0 Å². The lowest BCUT2D eigenvalue weighted by molar-refractivity contribution is -0.122. The summed E-state index contributed by atoms with van der Waals surface area (Å²) in [6, 6.07) is 13.5. The number of nitrogens with zero attached hydrogens (tertiary/aromatic N) is 1. The summed E-state index contributed by atoms with van der Waals surface area (Å²) in [6.45, 7) is 1.96. The summed E-state index contributed by atoms with van der Waals surface area (Å²) < 4.78 is 14.1. The minimum atomic E-state index is -0.562. The number of anilines is 1. The molecule has 29 heavy (non-hydrogen) atoms. The molecule has 2 aromatic carbocycles. The molecule has 0 saturated carbocycles. The zero-order chi connectivity index (χ0) is 20.3. The second kappa shape index (κ2) is 6.90. The summed E-state index contributed by atoms with van der Waals surface area (Å²) in [5.74, 6) is -1.70. The van der Waals surface area contributed by atoms with E-state index >= 15 is 0 Å². The Morgan fingerprint density at radius 2 is 1.72 bits per heavy atom. The molecule has 0 spiro atoms. The van der Waals surface area contributed by atoms with Gasteiger partial charge in [0.2, 0.25) is 11.8 Å². The number of aryl methyl sites for hydroxylation is 1. The SMILES string of the molecule is Cc1ccc(N2C(=O)C3Sc4[nH]c(=S)sc4C(c4ccc(F)cc4)C3C2=O)cc1. The summed E-state index contributed by atoms with van der Waals surface area (Å²) in [5.41, 5.74) is 2.44. The Morgan fingerprint density at radius 3 is 2.41 bits per heavy atom. The zero-order valence-corrected chi connectivity index (χ0v) is 17.7. The molecule has 2 aliphatic heterocycles. The third-order valence-corrected chi connectivity index (χ3v) is 8.10. The summed E-state index contributed by atoms with van der Waals surface area (Å²) in [5, 5.41) is 0.272. The van der Waals surface area contributed by atoms with Crippen LogP contribution in [0.4, 0.5) is 10.1 Å². The van der Waals surface area contributed by atoms with E-state index in [1.165, 1.54) is 40.1 Å². The molecular formula is C21H15FN2O2S3. The lowest BCUT2D eigenvalue weighted by atomic mass is 9.83. The highest BCUT2D eigenvalue weighted by molar-refractivity contribution is 8.01. The number of H-pyrrole nitrogens is 1. The van der Waals surface area contributed by atoms with Crippen molar-refractivity contribution in [2.75, 3.05) is 4.90 Å². The number of fused-ring (bicyclic) bond motifs is 2. The Bertz CT molecular complexity index is 1180. The molecule has 4 nitrogen and oxygen atoms in total. The first kappa shape index (κ1) is 18.7. The van der Waals surface area contributed by atoms with Crippen molar-refractivity contribution in [1.29, 1.82) is 0 Å². The first-order chi connectivity index (χ1) is 13.9. The molecule has 3 heterocycles. The average Bonchev–Trinajstić information content (AvgIpc) is 3.19. The quantitative estimate of drug-likeness (QED) is 0.446. The summed E-state index contributed by atoms with van der Waals surface area (Å²) in [7, 11) is 0. The zero-order valence-electron chi connectivity index (χ0n) is 15.2. The van der Waals surface area contributed by atoms with Crippen molar-refractivity contribution >= 4 is 52.8 Å². The maximum atomic E-state index is 13.5. The number of carbonyl (C=O) groups excluding carboxylic acids is 2. The van der Waals surface area contributed by atoms with Crippen molar-refractivity contribution in [3.8, 4) is 0 Å². The number of hydrogen-bond acceptors (Lipinski definition) is 5. The standard InChI is InChI=1S/C21H15FN2O2S3/c1-10-2-8-13(9-3-10)24-19(25)15-14(11-4-6-12(22)7-5-11)16-18(23-21(27)29-16)28-17(15)20(24)26/h2-9,14-15,17H,1H3,(H,23,27). The molecule has 3 atom stereocenters. The Hall–Kier alpha value is -2.29. The highest BCUT2D eigenvalue weighted by Crippen LogP contribution is 2.53. The van der Waals surface area contributed by atoms with E-state index in [9.17, 15) is 14.0 Å². The Balaban J connectivity index is 1.64. The number of aromatic amines is 1. The molecule has 0 bridgehead atoms. The van der Waals surface area contributed by atoms with Gasteiger partial charge in [-0.15, -0.1) is 11.3 Å². The third kappa shape index (κ3) is 2.97. The molecular weight excluding hydrogens is 427 g/mol. The molecule has 8 heteroatoms. The van der Waals surface area contributed by atoms with Crippen LogP contribution in [0, 0.1) is 22.6 Å². The molecule has 0 radical (unpaired) electrons. The highest BCUT2D eigenvalue weighted by Gasteiger charge is 2.56.